The summed E-state index contributed by atoms with van der Waals surface area (Å²) in [5.41, 5.74) is 10.8. The Bertz CT molecular complexity index is 438. The van der Waals surface area contributed by atoms with Crippen LogP contribution < -0.4 is 11.5 Å². The fourth-order valence-electron chi connectivity index (χ4n) is 4.76. The summed E-state index contributed by atoms with van der Waals surface area (Å²) >= 11 is 0. The molecule has 0 aliphatic rings. The largest absolute Gasteiger partial charge is 0.367 e. The van der Waals surface area contributed by atoms with Gasteiger partial charge < -0.3 is 16.2 Å². The summed E-state index contributed by atoms with van der Waals surface area (Å²) in [4.78, 5) is 23.0. The van der Waals surface area contributed by atoms with Crippen molar-refractivity contribution in [1.82, 2.24) is 0 Å². The molecule has 0 aromatic carbocycles. The van der Waals surface area contributed by atoms with E-state index >= 15 is 0 Å². The quantitative estimate of drug-likeness (QED) is 0.124. The summed E-state index contributed by atoms with van der Waals surface area (Å²) in [6, 6.07) is 0. The first kappa shape index (κ1) is 30.9. The SMILES string of the molecule is CCCCCCCCC(CCCCC)(CCCCCCCC)CCOC(C(N)=O)C(N)=O. The van der Waals surface area contributed by atoms with E-state index in [1.807, 2.05) is 0 Å². The Morgan fingerprint density at radius 1 is 0.594 bits per heavy atom. The molecule has 0 aromatic heterocycles. The predicted molar refractivity (Wildman–Crippen MR) is 135 cm³/mol. The third-order valence-electron chi connectivity index (χ3n) is 6.87. The second-order valence-electron chi connectivity index (χ2n) is 9.80. The summed E-state index contributed by atoms with van der Waals surface area (Å²) in [7, 11) is 0. The van der Waals surface area contributed by atoms with Crippen LogP contribution in [-0.2, 0) is 14.3 Å². The standard InChI is InChI=1S/C27H54N2O3/c1-4-7-10-12-14-17-20-27(19-16-9-6-3,21-18-15-13-11-8-5-2)22-23-32-24(25(28)30)26(29)31/h24H,4-23H2,1-3H3,(H2,28,30)(H2,29,31). The molecule has 0 bridgehead atoms. The van der Waals surface area contributed by atoms with Gasteiger partial charge in [0.15, 0.2) is 0 Å². The zero-order chi connectivity index (χ0) is 24.1. The number of unbranched alkanes of at least 4 members (excludes halogenated alkanes) is 12. The first-order valence-electron chi connectivity index (χ1n) is 13.6. The fourth-order valence-corrected chi connectivity index (χ4v) is 4.76. The molecule has 0 spiro atoms. The molecule has 2 amide bonds. The van der Waals surface area contributed by atoms with Crippen molar-refractivity contribution in [1.29, 1.82) is 0 Å². The minimum Gasteiger partial charge on any atom is -0.367 e. The second kappa shape index (κ2) is 20.5. The lowest BCUT2D eigenvalue weighted by Gasteiger charge is -2.35. The molecular formula is C27H54N2O3. The number of ether oxygens (including phenoxy) is 1. The van der Waals surface area contributed by atoms with Crippen molar-refractivity contribution < 1.29 is 14.3 Å². The van der Waals surface area contributed by atoms with Gasteiger partial charge in [0.25, 0.3) is 11.8 Å². The third-order valence-corrected chi connectivity index (χ3v) is 6.87. The van der Waals surface area contributed by atoms with Crippen LogP contribution >= 0.6 is 0 Å². The monoisotopic (exact) mass is 454 g/mol. The highest BCUT2D eigenvalue weighted by Gasteiger charge is 2.30. The predicted octanol–water partition coefficient (Wildman–Crippen LogP) is 6.80. The number of carbonyl (C=O) groups excluding carboxylic acids is 2. The number of hydrogen-bond acceptors (Lipinski definition) is 3. The Kier molecular flexibility index (Phi) is 19.8. The maximum atomic E-state index is 11.5. The van der Waals surface area contributed by atoms with E-state index in [0.717, 1.165) is 6.42 Å². The van der Waals surface area contributed by atoms with Gasteiger partial charge in [-0.1, -0.05) is 117 Å². The Morgan fingerprint density at radius 2 is 0.938 bits per heavy atom. The first-order valence-corrected chi connectivity index (χ1v) is 13.6. The van der Waals surface area contributed by atoms with Gasteiger partial charge in [0.1, 0.15) is 0 Å². The number of carbonyl (C=O) groups is 2. The van der Waals surface area contributed by atoms with E-state index in [4.69, 9.17) is 16.2 Å². The maximum absolute atomic E-state index is 11.5. The molecule has 0 rings (SSSR count). The molecule has 190 valence electrons. The molecule has 32 heavy (non-hydrogen) atoms. The van der Waals surface area contributed by atoms with Gasteiger partial charge in [0.05, 0.1) is 0 Å². The molecule has 0 unspecified atom stereocenters. The molecule has 0 fully saturated rings. The Morgan fingerprint density at radius 3 is 1.34 bits per heavy atom. The smallest absolute Gasteiger partial charge is 0.256 e. The third kappa shape index (κ3) is 15.7. The molecule has 0 saturated carbocycles. The lowest BCUT2D eigenvalue weighted by Crippen LogP contribution is -2.43. The first-order chi connectivity index (χ1) is 15.4. The average Bonchev–Trinajstić information content (AvgIpc) is 2.75. The van der Waals surface area contributed by atoms with E-state index in [-0.39, 0.29) is 5.41 Å². The summed E-state index contributed by atoms with van der Waals surface area (Å²) in [5, 5.41) is 0. The molecule has 0 saturated heterocycles. The van der Waals surface area contributed by atoms with E-state index in [9.17, 15) is 9.59 Å². The summed E-state index contributed by atoms with van der Waals surface area (Å²) < 4.78 is 5.60. The molecule has 0 aromatic rings. The van der Waals surface area contributed by atoms with Crippen molar-refractivity contribution in [3.63, 3.8) is 0 Å². The van der Waals surface area contributed by atoms with E-state index in [2.05, 4.69) is 20.8 Å². The average molecular weight is 455 g/mol. The van der Waals surface area contributed by atoms with Crippen LogP contribution in [0.3, 0.4) is 0 Å². The molecule has 5 heteroatoms. The van der Waals surface area contributed by atoms with E-state index in [0.29, 0.717) is 6.61 Å². The van der Waals surface area contributed by atoms with Crippen LogP contribution in [0, 0.1) is 5.41 Å². The second-order valence-corrected chi connectivity index (χ2v) is 9.80. The molecule has 0 aliphatic heterocycles. The normalized spacial score (nSPS) is 11.9. The highest BCUT2D eigenvalue weighted by molar-refractivity contribution is 6.01. The molecule has 4 N–H and O–H groups in total. The summed E-state index contributed by atoms with van der Waals surface area (Å²) in [6.07, 6.45) is 22.5. The molecule has 0 heterocycles. The number of nitrogens with two attached hydrogens (primary N) is 2. The van der Waals surface area contributed by atoms with E-state index < -0.39 is 17.9 Å². The van der Waals surface area contributed by atoms with Crippen LogP contribution in [0.15, 0.2) is 0 Å². The molecular weight excluding hydrogens is 400 g/mol. The van der Waals surface area contributed by atoms with Crippen molar-refractivity contribution in [2.75, 3.05) is 6.61 Å². The lowest BCUT2D eigenvalue weighted by molar-refractivity contribution is -0.142. The van der Waals surface area contributed by atoms with Crippen molar-refractivity contribution in [2.45, 2.75) is 149 Å². The topological polar surface area (TPSA) is 95.4 Å². The van der Waals surface area contributed by atoms with Crippen LogP contribution in [0.2, 0.25) is 0 Å². The number of primary amides is 2. The van der Waals surface area contributed by atoms with Crippen molar-refractivity contribution in [3.05, 3.63) is 0 Å². The Hall–Kier alpha value is -1.10. The highest BCUT2D eigenvalue weighted by atomic mass is 16.5. The van der Waals surface area contributed by atoms with Gasteiger partial charge in [-0.3, -0.25) is 9.59 Å². The lowest BCUT2D eigenvalue weighted by atomic mass is 9.72. The van der Waals surface area contributed by atoms with Gasteiger partial charge in [-0.2, -0.15) is 0 Å². The minimum absolute atomic E-state index is 0.227. The van der Waals surface area contributed by atoms with Crippen LogP contribution in [0.1, 0.15) is 143 Å². The number of rotatable bonds is 24. The van der Waals surface area contributed by atoms with Crippen LogP contribution in [0.4, 0.5) is 0 Å². The van der Waals surface area contributed by atoms with Gasteiger partial charge in [0, 0.05) is 6.61 Å². The molecule has 0 radical (unpaired) electrons. The van der Waals surface area contributed by atoms with Gasteiger partial charge >= 0.3 is 0 Å². The number of hydrogen-bond donors (Lipinski definition) is 2. The van der Waals surface area contributed by atoms with Gasteiger partial charge in [-0.25, -0.2) is 0 Å². The van der Waals surface area contributed by atoms with E-state index in [1.54, 1.807) is 0 Å². The van der Waals surface area contributed by atoms with E-state index in [1.165, 1.54) is 116 Å². The molecule has 5 nitrogen and oxygen atoms in total. The Balaban J connectivity index is 5.00. The van der Waals surface area contributed by atoms with Gasteiger partial charge in [-0.15, -0.1) is 0 Å². The Labute approximate surface area is 198 Å². The van der Waals surface area contributed by atoms with Crippen molar-refractivity contribution in [2.24, 2.45) is 16.9 Å². The van der Waals surface area contributed by atoms with Crippen molar-refractivity contribution in [3.8, 4) is 0 Å². The summed E-state index contributed by atoms with van der Waals surface area (Å²) in [5.74, 6) is -1.58. The van der Waals surface area contributed by atoms with Crippen molar-refractivity contribution >= 4 is 11.8 Å². The van der Waals surface area contributed by atoms with Crippen LogP contribution in [0.5, 0.6) is 0 Å². The van der Waals surface area contributed by atoms with Gasteiger partial charge in [0.2, 0.25) is 6.10 Å². The summed E-state index contributed by atoms with van der Waals surface area (Å²) in [6.45, 7) is 7.13. The molecule has 0 aliphatic carbocycles. The number of amides is 2. The maximum Gasteiger partial charge on any atom is 0.256 e. The minimum atomic E-state index is -1.31. The zero-order valence-corrected chi connectivity index (χ0v) is 21.6. The highest BCUT2D eigenvalue weighted by Crippen LogP contribution is 2.40. The molecule has 0 atom stereocenters. The fraction of sp³-hybridized carbons (Fsp3) is 0.926. The zero-order valence-electron chi connectivity index (χ0n) is 21.6. The van der Waals surface area contributed by atoms with Crippen LogP contribution in [0.25, 0.3) is 0 Å². The van der Waals surface area contributed by atoms with Crippen LogP contribution in [-0.4, -0.2) is 24.5 Å². The van der Waals surface area contributed by atoms with Gasteiger partial charge in [-0.05, 0) is 31.1 Å².